The molecule has 0 radical (unpaired) electrons. The molecule has 1 aromatic rings. The quantitative estimate of drug-likeness (QED) is 0.805. The minimum absolute atomic E-state index is 0.591. The van der Waals surface area contributed by atoms with E-state index in [9.17, 15) is 4.79 Å². The van der Waals surface area contributed by atoms with Crippen molar-refractivity contribution in [2.24, 2.45) is 5.41 Å². The fourth-order valence-corrected chi connectivity index (χ4v) is 1.93. The van der Waals surface area contributed by atoms with Crippen LogP contribution in [0.2, 0.25) is 0 Å². The second-order valence-electron chi connectivity index (χ2n) is 4.36. The minimum atomic E-state index is -0.713. The van der Waals surface area contributed by atoms with Crippen molar-refractivity contribution >= 4 is 5.97 Å². The van der Waals surface area contributed by atoms with Crippen LogP contribution in [0.25, 0.3) is 0 Å². The lowest BCUT2D eigenvalue weighted by Crippen LogP contribution is -2.31. The first-order chi connectivity index (χ1) is 7.10. The molecule has 0 bridgehead atoms. The first kappa shape index (κ1) is 10.2. The van der Waals surface area contributed by atoms with E-state index in [0.717, 1.165) is 12.1 Å². The van der Waals surface area contributed by atoms with E-state index in [2.05, 4.69) is 10.1 Å². The molecule has 0 saturated carbocycles. The van der Waals surface area contributed by atoms with E-state index in [1.165, 1.54) is 0 Å². The van der Waals surface area contributed by atoms with Crippen molar-refractivity contribution in [3.05, 3.63) is 18.0 Å². The number of carbonyl (C=O) groups is 1. The summed E-state index contributed by atoms with van der Waals surface area (Å²) in [6, 6.07) is 0. The minimum Gasteiger partial charge on any atom is -0.481 e. The molecule has 0 aromatic carbocycles. The summed E-state index contributed by atoms with van der Waals surface area (Å²) in [6.45, 7) is 3.91. The van der Waals surface area contributed by atoms with Gasteiger partial charge in [-0.2, -0.15) is 0 Å². The van der Waals surface area contributed by atoms with Crippen LogP contribution < -0.4 is 0 Å². The molecule has 0 spiro atoms. The summed E-state index contributed by atoms with van der Waals surface area (Å²) in [5.74, 6) is -0.713. The van der Waals surface area contributed by atoms with Gasteiger partial charge in [-0.1, -0.05) is 5.16 Å². The highest BCUT2D eigenvalue weighted by molar-refractivity contribution is 5.74. The zero-order chi connectivity index (χ0) is 10.9. The van der Waals surface area contributed by atoms with Crippen LogP contribution >= 0.6 is 0 Å². The molecule has 1 aliphatic heterocycles. The second kappa shape index (κ2) is 3.66. The number of rotatable bonds is 3. The smallest absolute Gasteiger partial charge is 0.310 e. The summed E-state index contributed by atoms with van der Waals surface area (Å²) in [4.78, 5) is 13.1. The monoisotopic (exact) mass is 210 g/mol. The van der Waals surface area contributed by atoms with Gasteiger partial charge in [0.25, 0.3) is 0 Å². The zero-order valence-electron chi connectivity index (χ0n) is 8.64. The largest absolute Gasteiger partial charge is 0.481 e. The van der Waals surface area contributed by atoms with Gasteiger partial charge in [-0.25, -0.2) is 0 Å². The molecule has 15 heavy (non-hydrogen) atoms. The molecular weight excluding hydrogens is 196 g/mol. The number of carboxylic acids is 1. The van der Waals surface area contributed by atoms with Crippen molar-refractivity contribution < 1.29 is 14.4 Å². The van der Waals surface area contributed by atoms with Gasteiger partial charge in [0.05, 0.1) is 11.6 Å². The van der Waals surface area contributed by atoms with Crippen LogP contribution in [0.15, 0.2) is 17.0 Å². The molecule has 0 amide bonds. The average Bonchev–Trinajstić information content (AvgIpc) is 2.77. The van der Waals surface area contributed by atoms with E-state index in [4.69, 9.17) is 9.63 Å². The van der Waals surface area contributed by atoms with Crippen LogP contribution in [0.1, 0.15) is 18.9 Å². The van der Waals surface area contributed by atoms with E-state index >= 15 is 0 Å². The van der Waals surface area contributed by atoms with Crippen molar-refractivity contribution in [2.45, 2.75) is 19.9 Å². The van der Waals surface area contributed by atoms with Gasteiger partial charge >= 0.3 is 5.97 Å². The lowest BCUT2D eigenvalue weighted by atomic mass is 9.90. The van der Waals surface area contributed by atoms with Crippen LogP contribution in [-0.2, 0) is 11.3 Å². The van der Waals surface area contributed by atoms with Crippen LogP contribution in [0.5, 0.6) is 0 Å². The molecule has 5 heteroatoms. The van der Waals surface area contributed by atoms with Crippen LogP contribution in [0.3, 0.4) is 0 Å². The van der Waals surface area contributed by atoms with E-state index in [0.29, 0.717) is 19.5 Å². The normalized spacial score (nSPS) is 27.0. The summed E-state index contributed by atoms with van der Waals surface area (Å²) in [7, 11) is 0. The zero-order valence-corrected chi connectivity index (χ0v) is 8.64. The lowest BCUT2D eigenvalue weighted by molar-refractivity contribution is -0.147. The first-order valence-corrected chi connectivity index (χ1v) is 4.94. The molecule has 1 aliphatic rings. The van der Waals surface area contributed by atoms with Crippen LogP contribution in [0.4, 0.5) is 0 Å². The Labute approximate surface area is 87.7 Å². The third kappa shape index (κ3) is 2.02. The summed E-state index contributed by atoms with van der Waals surface area (Å²) < 4.78 is 4.73. The van der Waals surface area contributed by atoms with Crippen molar-refractivity contribution in [3.8, 4) is 0 Å². The molecular formula is C10H14N2O3. The summed E-state index contributed by atoms with van der Waals surface area (Å²) in [6.07, 6.45) is 3.96. The standard InChI is InChI=1S/C10H14N2O3/c1-10(9(13)14)2-3-12(7-10)5-8-4-11-15-6-8/h4,6H,2-3,5,7H2,1H3,(H,13,14). The average molecular weight is 210 g/mol. The maximum absolute atomic E-state index is 11.0. The Balaban J connectivity index is 1.96. The van der Waals surface area contributed by atoms with Gasteiger partial charge in [0.1, 0.15) is 6.26 Å². The molecule has 2 heterocycles. The molecule has 0 aliphatic carbocycles. The summed E-state index contributed by atoms with van der Waals surface area (Å²) in [5, 5.41) is 12.7. The molecule has 1 unspecified atom stereocenters. The highest BCUT2D eigenvalue weighted by atomic mass is 16.5. The Bertz CT molecular complexity index is 350. The van der Waals surface area contributed by atoms with Gasteiger partial charge in [0.15, 0.2) is 0 Å². The molecule has 1 saturated heterocycles. The van der Waals surface area contributed by atoms with Gasteiger partial charge in [0, 0.05) is 18.7 Å². The molecule has 5 nitrogen and oxygen atoms in total. The number of nitrogens with zero attached hydrogens (tertiary/aromatic N) is 2. The number of carboxylic acid groups (broad SMARTS) is 1. The number of hydrogen-bond donors (Lipinski definition) is 1. The number of likely N-dealkylation sites (tertiary alicyclic amines) is 1. The highest BCUT2D eigenvalue weighted by Crippen LogP contribution is 2.30. The molecule has 1 atom stereocenters. The van der Waals surface area contributed by atoms with Gasteiger partial charge in [-0.15, -0.1) is 0 Å². The molecule has 1 fully saturated rings. The van der Waals surface area contributed by atoms with Crippen molar-refractivity contribution in [3.63, 3.8) is 0 Å². The summed E-state index contributed by atoms with van der Waals surface area (Å²) >= 11 is 0. The summed E-state index contributed by atoms with van der Waals surface area (Å²) in [5.41, 5.74) is 0.390. The fraction of sp³-hybridized carbons (Fsp3) is 0.600. The second-order valence-corrected chi connectivity index (χ2v) is 4.36. The maximum atomic E-state index is 11.0. The van der Waals surface area contributed by atoms with Gasteiger partial charge in [-0.3, -0.25) is 9.69 Å². The highest BCUT2D eigenvalue weighted by Gasteiger charge is 2.40. The number of aliphatic carboxylic acids is 1. The van der Waals surface area contributed by atoms with E-state index in [-0.39, 0.29) is 0 Å². The van der Waals surface area contributed by atoms with E-state index in [1.807, 2.05) is 0 Å². The molecule has 1 N–H and O–H groups in total. The van der Waals surface area contributed by atoms with Crippen molar-refractivity contribution in [1.82, 2.24) is 10.1 Å². The lowest BCUT2D eigenvalue weighted by Gasteiger charge is -2.19. The number of aromatic nitrogens is 1. The predicted molar refractivity (Wildman–Crippen MR) is 52.1 cm³/mol. The van der Waals surface area contributed by atoms with Crippen LogP contribution in [-0.4, -0.2) is 34.2 Å². The van der Waals surface area contributed by atoms with Crippen molar-refractivity contribution in [2.75, 3.05) is 13.1 Å². The van der Waals surface area contributed by atoms with Gasteiger partial charge in [-0.05, 0) is 19.9 Å². The predicted octanol–water partition coefficient (Wildman–Crippen LogP) is 0.971. The molecule has 1 aromatic heterocycles. The van der Waals surface area contributed by atoms with Crippen LogP contribution in [0, 0.1) is 5.41 Å². The Morgan fingerprint density at radius 3 is 3.13 bits per heavy atom. The maximum Gasteiger partial charge on any atom is 0.310 e. The third-order valence-corrected chi connectivity index (χ3v) is 2.96. The Morgan fingerprint density at radius 2 is 2.60 bits per heavy atom. The van der Waals surface area contributed by atoms with E-state index < -0.39 is 11.4 Å². The third-order valence-electron chi connectivity index (χ3n) is 2.96. The van der Waals surface area contributed by atoms with Crippen molar-refractivity contribution in [1.29, 1.82) is 0 Å². The van der Waals surface area contributed by atoms with E-state index in [1.54, 1.807) is 19.4 Å². The van der Waals surface area contributed by atoms with Gasteiger partial charge < -0.3 is 9.63 Å². The number of hydrogen-bond acceptors (Lipinski definition) is 4. The molecule has 2 rings (SSSR count). The SMILES string of the molecule is CC1(C(=O)O)CCN(Cc2cnoc2)C1. The Kier molecular flexibility index (Phi) is 2.48. The Hall–Kier alpha value is -1.36. The Morgan fingerprint density at radius 1 is 1.80 bits per heavy atom. The van der Waals surface area contributed by atoms with Gasteiger partial charge in [0.2, 0.25) is 0 Å². The fourth-order valence-electron chi connectivity index (χ4n) is 1.93. The molecule has 82 valence electrons. The topological polar surface area (TPSA) is 66.6 Å². The first-order valence-electron chi connectivity index (χ1n) is 4.94.